The SMILES string of the molecule is Cc1nn(C)c(Cl)c1S(=O)(=O)N1CCN(c2ccc(Br)cc2)CC1. The standard InChI is InChI=1S/C15H18BrClN4O2S/c1-11-14(15(17)19(2)18-11)24(22,23)21-9-7-20(8-10-21)13-5-3-12(16)4-6-13/h3-6H,7-10H2,1-2H3. The van der Waals surface area contributed by atoms with E-state index in [9.17, 15) is 8.42 Å². The summed E-state index contributed by atoms with van der Waals surface area (Å²) in [6.45, 7) is 3.78. The van der Waals surface area contributed by atoms with E-state index >= 15 is 0 Å². The van der Waals surface area contributed by atoms with E-state index in [2.05, 4.69) is 25.9 Å². The first-order valence-electron chi connectivity index (χ1n) is 7.50. The molecule has 6 nitrogen and oxygen atoms in total. The second-order valence-electron chi connectivity index (χ2n) is 5.70. The van der Waals surface area contributed by atoms with Crippen molar-refractivity contribution in [2.24, 2.45) is 7.05 Å². The molecule has 2 aromatic rings. The molecule has 3 rings (SSSR count). The molecule has 1 fully saturated rings. The van der Waals surface area contributed by atoms with Crippen LogP contribution in [0.25, 0.3) is 0 Å². The Morgan fingerprint density at radius 2 is 1.71 bits per heavy atom. The molecule has 0 unspecified atom stereocenters. The van der Waals surface area contributed by atoms with Crippen molar-refractivity contribution < 1.29 is 8.42 Å². The average molecular weight is 434 g/mol. The minimum atomic E-state index is -3.63. The van der Waals surface area contributed by atoms with E-state index in [1.165, 1.54) is 8.99 Å². The Kier molecular flexibility index (Phi) is 4.92. The van der Waals surface area contributed by atoms with E-state index in [1.807, 2.05) is 24.3 Å². The van der Waals surface area contributed by atoms with Crippen LogP contribution in [-0.2, 0) is 17.1 Å². The van der Waals surface area contributed by atoms with Crippen LogP contribution in [0.5, 0.6) is 0 Å². The second kappa shape index (κ2) is 6.67. The van der Waals surface area contributed by atoms with Crippen molar-refractivity contribution in [1.29, 1.82) is 0 Å². The maximum atomic E-state index is 12.9. The second-order valence-corrected chi connectivity index (χ2v) is 8.84. The number of rotatable bonds is 3. The highest BCUT2D eigenvalue weighted by molar-refractivity contribution is 9.10. The van der Waals surface area contributed by atoms with Gasteiger partial charge in [0.25, 0.3) is 0 Å². The molecule has 24 heavy (non-hydrogen) atoms. The van der Waals surface area contributed by atoms with Crippen molar-refractivity contribution in [3.8, 4) is 0 Å². The van der Waals surface area contributed by atoms with Crippen LogP contribution < -0.4 is 4.90 Å². The minimum absolute atomic E-state index is 0.115. The Balaban J connectivity index is 1.77. The Morgan fingerprint density at radius 3 is 2.21 bits per heavy atom. The molecular formula is C15H18BrClN4O2S. The molecule has 0 amide bonds. The summed E-state index contributed by atoms with van der Waals surface area (Å²) in [5, 5.41) is 4.26. The zero-order valence-corrected chi connectivity index (χ0v) is 16.6. The monoisotopic (exact) mass is 432 g/mol. The van der Waals surface area contributed by atoms with Crippen LogP contribution in [0.3, 0.4) is 0 Å². The molecule has 0 radical (unpaired) electrons. The Bertz CT molecular complexity index is 843. The third-order valence-corrected chi connectivity index (χ3v) is 7.25. The highest BCUT2D eigenvalue weighted by atomic mass is 79.9. The zero-order chi connectivity index (χ0) is 17.5. The van der Waals surface area contributed by atoms with Gasteiger partial charge in [0.15, 0.2) is 0 Å². The molecule has 0 saturated carbocycles. The predicted octanol–water partition coefficient (Wildman–Crippen LogP) is 2.66. The molecule has 0 aliphatic carbocycles. The molecule has 1 saturated heterocycles. The first kappa shape index (κ1) is 17.7. The first-order chi connectivity index (χ1) is 11.3. The van der Waals surface area contributed by atoms with Gasteiger partial charge in [-0.15, -0.1) is 0 Å². The summed E-state index contributed by atoms with van der Waals surface area (Å²) in [5.41, 5.74) is 1.52. The maximum Gasteiger partial charge on any atom is 0.248 e. The lowest BCUT2D eigenvalue weighted by Crippen LogP contribution is -2.48. The lowest BCUT2D eigenvalue weighted by Gasteiger charge is -2.35. The van der Waals surface area contributed by atoms with Crippen LogP contribution in [0, 0.1) is 6.92 Å². The Morgan fingerprint density at radius 1 is 1.12 bits per heavy atom. The Labute approximate surface area is 155 Å². The number of hydrogen-bond donors (Lipinski definition) is 0. The van der Waals surface area contributed by atoms with E-state index in [0.717, 1.165) is 10.2 Å². The number of hydrogen-bond acceptors (Lipinski definition) is 4. The van der Waals surface area contributed by atoms with Crippen LogP contribution in [0.15, 0.2) is 33.6 Å². The van der Waals surface area contributed by atoms with Crippen LogP contribution in [-0.4, -0.2) is 48.7 Å². The highest BCUT2D eigenvalue weighted by Crippen LogP contribution is 2.28. The van der Waals surface area contributed by atoms with Crippen molar-refractivity contribution >= 4 is 43.2 Å². The number of halogens is 2. The molecule has 9 heteroatoms. The number of aromatic nitrogens is 2. The molecule has 2 heterocycles. The topological polar surface area (TPSA) is 58.4 Å². The largest absolute Gasteiger partial charge is 0.369 e. The summed E-state index contributed by atoms with van der Waals surface area (Å²) in [6.07, 6.45) is 0. The van der Waals surface area contributed by atoms with Gasteiger partial charge < -0.3 is 4.90 Å². The normalized spacial score (nSPS) is 16.6. The van der Waals surface area contributed by atoms with Gasteiger partial charge >= 0.3 is 0 Å². The van der Waals surface area contributed by atoms with Crippen molar-refractivity contribution in [2.45, 2.75) is 11.8 Å². The van der Waals surface area contributed by atoms with Crippen LogP contribution >= 0.6 is 27.5 Å². The zero-order valence-electron chi connectivity index (χ0n) is 13.4. The number of anilines is 1. The van der Waals surface area contributed by atoms with Gasteiger partial charge in [0.1, 0.15) is 10.0 Å². The average Bonchev–Trinajstić information content (AvgIpc) is 2.81. The fraction of sp³-hybridized carbons (Fsp3) is 0.400. The van der Waals surface area contributed by atoms with Gasteiger partial charge in [-0.3, -0.25) is 4.68 Å². The minimum Gasteiger partial charge on any atom is -0.369 e. The summed E-state index contributed by atoms with van der Waals surface area (Å²) in [7, 11) is -1.99. The number of sulfonamides is 1. The van der Waals surface area contributed by atoms with Crippen molar-refractivity contribution in [2.75, 3.05) is 31.1 Å². The van der Waals surface area contributed by atoms with Crippen molar-refractivity contribution in [1.82, 2.24) is 14.1 Å². The number of nitrogens with zero attached hydrogens (tertiary/aromatic N) is 4. The molecule has 1 aromatic heterocycles. The quantitative estimate of drug-likeness (QED) is 0.747. The fourth-order valence-corrected chi connectivity index (χ4v) is 5.26. The lowest BCUT2D eigenvalue weighted by atomic mass is 10.2. The van der Waals surface area contributed by atoms with Gasteiger partial charge in [-0.25, -0.2) is 8.42 Å². The van der Waals surface area contributed by atoms with Gasteiger partial charge in [-0.2, -0.15) is 9.40 Å². The summed E-state index contributed by atoms with van der Waals surface area (Å²) >= 11 is 9.56. The molecule has 130 valence electrons. The molecule has 1 aliphatic rings. The van der Waals surface area contributed by atoms with E-state index in [4.69, 9.17) is 11.6 Å². The van der Waals surface area contributed by atoms with Gasteiger partial charge in [-0.1, -0.05) is 27.5 Å². The first-order valence-corrected chi connectivity index (χ1v) is 10.1. The van der Waals surface area contributed by atoms with Crippen molar-refractivity contribution in [3.05, 3.63) is 39.6 Å². The summed E-state index contributed by atoms with van der Waals surface area (Å²) in [5.74, 6) is 0. The maximum absolute atomic E-state index is 12.9. The third-order valence-electron chi connectivity index (χ3n) is 4.13. The smallest absolute Gasteiger partial charge is 0.248 e. The Hall–Kier alpha value is -1.09. The predicted molar refractivity (Wildman–Crippen MR) is 98.1 cm³/mol. The van der Waals surface area contributed by atoms with E-state index in [0.29, 0.717) is 31.9 Å². The fourth-order valence-electron chi connectivity index (χ4n) is 2.87. The van der Waals surface area contributed by atoms with Gasteiger partial charge in [0, 0.05) is 43.4 Å². The molecule has 0 bridgehead atoms. The molecule has 0 N–H and O–H groups in total. The molecular weight excluding hydrogens is 416 g/mol. The van der Waals surface area contributed by atoms with E-state index < -0.39 is 10.0 Å². The van der Waals surface area contributed by atoms with Gasteiger partial charge in [-0.05, 0) is 31.2 Å². The molecule has 1 aromatic carbocycles. The molecule has 0 atom stereocenters. The highest BCUT2D eigenvalue weighted by Gasteiger charge is 2.33. The number of piperazine rings is 1. The van der Waals surface area contributed by atoms with Crippen molar-refractivity contribution in [3.63, 3.8) is 0 Å². The van der Waals surface area contributed by atoms with E-state index in [1.54, 1.807) is 14.0 Å². The van der Waals surface area contributed by atoms with Gasteiger partial charge in [0.2, 0.25) is 10.0 Å². The summed E-state index contributed by atoms with van der Waals surface area (Å²) in [4.78, 5) is 2.29. The van der Waals surface area contributed by atoms with Crippen LogP contribution in [0.1, 0.15) is 5.69 Å². The lowest BCUT2D eigenvalue weighted by molar-refractivity contribution is 0.384. The number of benzene rings is 1. The molecule has 1 aliphatic heterocycles. The van der Waals surface area contributed by atoms with Crippen LogP contribution in [0.4, 0.5) is 5.69 Å². The molecule has 0 spiro atoms. The number of aryl methyl sites for hydroxylation is 2. The summed E-state index contributed by atoms with van der Waals surface area (Å²) in [6, 6.07) is 8.02. The van der Waals surface area contributed by atoms with Crippen LogP contribution in [0.2, 0.25) is 5.15 Å². The van der Waals surface area contributed by atoms with Gasteiger partial charge in [0.05, 0.1) is 5.69 Å². The van der Waals surface area contributed by atoms with E-state index in [-0.39, 0.29) is 10.0 Å². The third kappa shape index (κ3) is 3.20. The summed E-state index contributed by atoms with van der Waals surface area (Å²) < 4.78 is 29.7.